The van der Waals surface area contributed by atoms with Gasteiger partial charge >= 0.3 is 0 Å². The third-order valence-electron chi connectivity index (χ3n) is 5.10. The summed E-state index contributed by atoms with van der Waals surface area (Å²) < 4.78 is 5.22. The number of aliphatic imine (C=N–C) groups is 1. The van der Waals surface area contributed by atoms with Gasteiger partial charge in [0.05, 0.1) is 13.7 Å². The summed E-state index contributed by atoms with van der Waals surface area (Å²) in [4.78, 5) is 7.30. The molecule has 1 heterocycles. The van der Waals surface area contributed by atoms with Crippen molar-refractivity contribution in [2.24, 2.45) is 4.99 Å². The van der Waals surface area contributed by atoms with E-state index in [2.05, 4.69) is 64.9 Å². The summed E-state index contributed by atoms with van der Waals surface area (Å²) in [6, 6.07) is 19.3. The maximum absolute atomic E-state index is 5.22. The molecule has 0 radical (unpaired) electrons. The highest BCUT2D eigenvalue weighted by Crippen LogP contribution is 2.14. The molecule has 0 unspecified atom stereocenters. The lowest BCUT2D eigenvalue weighted by Crippen LogP contribution is -2.48. The first kappa shape index (κ1) is 20.2. The fraction of sp³-hybridized carbons (Fsp3) is 0.435. The van der Waals surface area contributed by atoms with Crippen molar-refractivity contribution in [2.75, 3.05) is 26.7 Å². The van der Waals surface area contributed by atoms with Crippen LogP contribution in [-0.2, 0) is 13.1 Å². The Morgan fingerprint density at radius 2 is 1.75 bits per heavy atom. The minimum atomic E-state index is 0.473. The number of likely N-dealkylation sites (tertiary alicyclic amines) is 1. The summed E-state index contributed by atoms with van der Waals surface area (Å²) >= 11 is 0. The molecule has 0 spiro atoms. The maximum atomic E-state index is 5.22. The van der Waals surface area contributed by atoms with Gasteiger partial charge in [0.25, 0.3) is 0 Å². The van der Waals surface area contributed by atoms with Gasteiger partial charge in [-0.2, -0.15) is 0 Å². The summed E-state index contributed by atoms with van der Waals surface area (Å²) in [5.74, 6) is 1.78. The molecule has 150 valence electrons. The van der Waals surface area contributed by atoms with Crippen LogP contribution in [0, 0.1) is 0 Å². The molecule has 0 saturated carbocycles. The number of benzene rings is 2. The standard InChI is InChI=1S/C23H32N4O/c1-3-24-23(25-17-19-9-11-22(28-2)12-10-19)26-21-13-15-27(16-14-21)18-20-7-5-4-6-8-20/h4-12,21H,3,13-18H2,1-2H3,(H2,24,25,26). The first-order chi connectivity index (χ1) is 13.8. The highest BCUT2D eigenvalue weighted by molar-refractivity contribution is 5.80. The zero-order valence-electron chi connectivity index (χ0n) is 17.0. The Labute approximate surface area is 168 Å². The molecule has 0 aliphatic carbocycles. The van der Waals surface area contributed by atoms with E-state index < -0.39 is 0 Å². The van der Waals surface area contributed by atoms with Crippen molar-refractivity contribution in [3.8, 4) is 5.75 Å². The van der Waals surface area contributed by atoms with Crippen LogP contribution in [0.2, 0.25) is 0 Å². The van der Waals surface area contributed by atoms with E-state index in [9.17, 15) is 0 Å². The number of ether oxygens (including phenoxy) is 1. The van der Waals surface area contributed by atoms with Gasteiger partial charge in [0.2, 0.25) is 0 Å². The van der Waals surface area contributed by atoms with E-state index in [0.29, 0.717) is 12.6 Å². The average Bonchev–Trinajstić information content (AvgIpc) is 2.75. The van der Waals surface area contributed by atoms with Crippen LogP contribution in [0.4, 0.5) is 0 Å². The van der Waals surface area contributed by atoms with Gasteiger partial charge in [-0.05, 0) is 43.0 Å². The van der Waals surface area contributed by atoms with Gasteiger partial charge in [-0.1, -0.05) is 42.5 Å². The molecule has 2 N–H and O–H groups in total. The first-order valence-electron chi connectivity index (χ1n) is 10.2. The van der Waals surface area contributed by atoms with Crippen LogP contribution in [0.15, 0.2) is 59.6 Å². The van der Waals surface area contributed by atoms with Crippen molar-refractivity contribution in [3.05, 3.63) is 65.7 Å². The van der Waals surface area contributed by atoms with Gasteiger partial charge in [-0.25, -0.2) is 4.99 Å². The Hall–Kier alpha value is -2.53. The average molecular weight is 381 g/mol. The predicted octanol–water partition coefficient (Wildman–Crippen LogP) is 3.41. The van der Waals surface area contributed by atoms with Crippen LogP contribution in [0.1, 0.15) is 30.9 Å². The van der Waals surface area contributed by atoms with E-state index in [1.165, 1.54) is 11.1 Å². The summed E-state index contributed by atoms with van der Waals surface area (Å²) in [5, 5.41) is 7.00. The molecule has 1 aliphatic heterocycles. The SMILES string of the molecule is CCNC(=NCc1ccc(OC)cc1)NC1CCN(Cc2ccccc2)CC1. The van der Waals surface area contributed by atoms with Crippen molar-refractivity contribution in [2.45, 2.75) is 38.9 Å². The Kier molecular flexibility index (Phi) is 7.73. The zero-order chi connectivity index (χ0) is 19.6. The van der Waals surface area contributed by atoms with Crippen molar-refractivity contribution in [1.29, 1.82) is 0 Å². The Balaban J connectivity index is 1.48. The molecule has 0 amide bonds. The van der Waals surface area contributed by atoms with Gasteiger partial charge in [0, 0.05) is 32.2 Å². The van der Waals surface area contributed by atoms with Gasteiger partial charge in [-0.3, -0.25) is 4.90 Å². The fourth-order valence-electron chi connectivity index (χ4n) is 3.49. The molecule has 0 bridgehead atoms. The van der Waals surface area contributed by atoms with Crippen LogP contribution in [-0.4, -0.2) is 43.6 Å². The molecule has 5 heteroatoms. The Bertz CT molecular complexity index is 722. The molecule has 1 aliphatic rings. The molecule has 1 saturated heterocycles. The highest BCUT2D eigenvalue weighted by atomic mass is 16.5. The molecule has 0 atom stereocenters. The van der Waals surface area contributed by atoms with Gasteiger partial charge < -0.3 is 15.4 Å². The first-order valence-corrected chi connectivity index (χ1v) is 10.2. The largest absolute Gasteiger partial charge is 0.497 e. The van der Waals surface area contributed by atoms with E-state index in [4.69, 9.17) is 9.73 Å². The molecule has 2 aromatic carbocycles. The quantitative estimate of drug-likeness (QED) is 0.571. The monoisotopic (exact) mass is 380 g/mol. The molecular weight excluding hydrogens is 348 g/mol. The number of nitrogens with zero attached hydrogens (tertiary/aromatic N) is 2. The fourth-order valence-corrected chi connectivity index (χ4v) is 3.49. The van der Waals surface area contributed by atoms with Crippen LogP contribution in [0.5, 0.6) is 5.75 Å². The van der Waals surface area contributed by atoms with E-state index in [-0.39, 0.29) is 0 Å². The minimum Gasteiger partial charge on any atom is -0.497 e. The molecule has 1 fully saturated rings. The summed E-state index contributed by atoms with van der Waals surface area (Å²) in [7, 11) is 1.69. The molecule has 0 aromatic heterocycles. The van der Waals surface area contributed by atoms with Crippen molar-refractivity contribution in [3.63, 3.8) is 0 Å². The summed E-state index contributed by atoms with van der Waals surface area (Å²) in [6.45, 7) is 6.90. The lowest BCUT2D eigenvalue weighted by molar-refractivity contribution is 0.198. The third kappa shape index (κ3) is 6.27. The van der Waals surface area contributed by atoms with E-state index in [1.807, 2.05) is 12.1 Å². The minimum absolute atomic E-state index is 0.473. The number of hydrogen-bond acceptors (Lipinski definition) is 3. The van der Waals surface area contributed by atoms with Crippen molar-refractivity contribution < 1.29 is 4.74 Å². The molecule has 28 heavy (non-hydrogen) atoms. The highest BCUT2D eigenvalue weighted by Gasteiger charge is 2.20. The van der Waals surface area contributed by atoms with Crippen molar-refractivity contribution >= 4 is 5.96 Å². The van der Waals surface area contributed by atoms with Crippen LogP contribution < -0.4 is 15.4 Å². The number of nitrogens with one attached hydrogen (secondary N) is 2. The third-order valence-corrected chi connectivity index (χ3v) is 5.10. The van der Waals surface area contributed by atoms with Crippen LogP contribution in [0.3, 0.4) is 0 Å². The van der Waals surface area contributed by atoms with E-state index in [1.54, 1.807) is 7.11 Å². The lowest BCUT2D eigenvalue weighted by atomic mass is 10.0. The second kappa shape index (κ2) is 10.7. The smallest absolute Gasteiger partial charge is 0.191 e. The van der Waals surface area contributed by atoms with Gasteiger partial charge in [-0.15, -0.1) is 0 Å². The normalized spacial score (nSPS) is 16.0. The molecule has 5 nitrogen and oxygen atoms in total. The van der Waals surface area contributed by atoms with E-state index in [0.717, 1.165) is 50.7 Å². The summed E-state index contributed by atoms with van der Waals surface area (Å²) in [6.07, 6.45) is 2.28. The van der Waals surface area contributed by atoms with Gasteiger partial charge in [0.1, 0.15) is 5.75 Å². The Morgan fingerprint density at radius 3 is 2.39 bits per heavy atom. The zero-order valence-corrected chi connectivity index (χ0v) is 17.0. The Morgan fingerprint density at radius 1 is 1.04 bits per heavy atom. The van der Waals surface area contributed by atoms with E-state index >= 15 is 0 Å². The molecule has 2 aromatic rings. The topological polar surface area (TPSA) is 48.9 Å². The number of methoxy groups -OCH3 is 1. The number of piperidine rings is 1. The van der Waals surface area contributed by atoms with Crippen molar-refractivity contribution in [1.82, 2.24) is 15.5 Å². The van der Waals surface area contributed by atoms with Crippen LogP contribution in [0.25, 0.3) is 0 Å². The number of guanidine groups is 1. The maximum Gasteiger partial charge on any atom is 0.191 e. The predicted molar refractivity (Wildman–Crippen MR) is 116 cm³/mol. The summed E-state index contributed by atoms with van der Waals surface area (Å²) in [5.41, 5.74) is 2.57. The molecular formula is C23H32N4O. The molecule has 3 rings (SSSR count). The number of hydrogen-bond donors (Lipinski definition) is 2. The second-order valence-corrected chi connectivity index (χ2v) is 7.22. The lowest BCUT2D eigenvalue weighted by Gasteiger charge is -2.33. The second-order valence-electron chi connectivity index (χ2n) is 7.22. The number of rotatable bonds is 7. The van der Waals surface area contributed by atoms with Crippen LogP contribution >= 0.6 is 0 Å². The van der Waals surface area contributed by atoms with Gasteiger partial charge in [0.15, 0.2) is 5.96 Å².